The van der Waals surface area contributed by atoms with Crippen LogP contribution >= 0.6 is 0 Å². The van der Waals surface area contributed by atoms with Crippen molar-refractivity contribution < 1.29 is 31.1 Å². The van der Waals surface area contributed by atoms with E-state index in [1.165, 1.54) is 56.3 Å². The van der Waals surface area contributed by atoms with Gasteiger partial charge in [-0.05, 0) is 67.3 Å². The van der Waals surface area contributed by atoms with Crippen molar-refractivity contribution in [2.75, 3.05) is 46.3 Å². The van der Waals surface area contributed by atoms with Crippen molar-refractivity contribution in [1.29, 1.82) is 0 Å². The van der Waals surface area contributed by atoms with Crippen LogP contribution in [0.5, 0.6) is 0 Å². The molecule has 2 aliphatic carbocycles. The predicted octanol–water partition coefficient (Wildman–Crippen LogP) is 7.94. The number of hydrogen-bond acceptors (Lipinski definition) is 3. The molecule has 1 heterocycles. The van der Waals surface area contributed by atoms with Crippen molar-refractivity contribution in [3.05, 3.63) is 70.8 Å². The van der Waals surface area contributed by atoms with Gasteiger partial charge in [0.1, 0.15) is 6.04 Å². The van der Waals surface area contributed by atoms with Gasteiger partial charge in [-0.2, -0.15) is 26.3 Å². The van der Waals surface area contributed by atoms with Crippen LogP contribution in [-0.2, 0) is 23.6 Å². The average molecular weight is 694 g/mol. The van der Waals surface area contributed by atoms with Crippen LogP contribution in [0.2, 0.25) is 0 Å². The number of halogens is 6. The van der Waals surface area contributed by atoms with Gasteiger partial charge >= 0.3 is 12.4 Å². The maximum Gasteiger partial charge on any atom is 0.416 e. The number of rotatable bonds is 9. The quantitative estimate of drug-likeness (QED) is 0.165. The Morgan fingerprint density at radius 3 is 1.98 bits per heavy atom. The second kappa shape index (κ2) is 16.6. The summed E-state index contributed by atoms with van der Waals surface area (Å²) < 4.78 is 80.6. The molecule has 0 aromatic heterocycles. The number of alkyl halides is 6. The van der Waals surface area contributed by atoms with Gasteiger partial charge in [0, 0.05) is 52.4 Å². The number of amides is 1. The topological polar surface area (TPSA) is 51.2 Å². The number of piperazine rings is 1. The van der Waals surface area contributed by atoms with Crippen LogP contribution in [0, 0.1) is 5.92 Å². The monoisotopic (exact) mass is 693 g/mol. The fraction of sp³-hybridized carbons (Fsp3) is 0.622. The summed E-state index contributed by atoms with van der Waals surface area (Å²) in [5.41, 5.74) is -2.05. The van der Waals surface area contributed by atoms with Crippen LogP contribution in [0.4, 0.5) is 26.3 Å². The smallest absolute Gasteiger partial charge is 0.354 e. The fourth-order valence-corrected chi connectivity index (χ4v) is 7.37. The lowest BCUT2D eigenvalue weighted by molar-refractivity contribution is -0.143. The van der Waals surface area contributed by atoms with Gasteiger partial charge in [0.15, 0.2) is 5.96 Å². The molecular formula is C37H49F6N5O. The maximum atomic E-state index is 14.0. The number of carbonyl (C=O) groups is 1. The molecule has 1 unspecified atom stereocenters. The highest BCUT2D eigenvalue weighted by atomic mass is 19.4. The standard InChI is InChI=1S/C37H49F6N5O/c1-46(18-17-28-23-30(36(38,39)40)25-31(24-28)37(41,42)43)34(49)33(29-13-7-3-8-14-29)47-19-21-48(22-20-47)35(45-32-15-9-4-10-16-32)44-26-27-11-5-2-6-12-27/h3,7-8,13-14,23-25,27,32-33H,2,4-6,9-12,15-22,26H2,1H3,(H,44,45). The highest BCUT2D eigenvalue weighted by molar-refractivity contribution is 5.83. The molecule has 2 saturated carbocycles. The van der Waals surface area contributed by atoms with Crippen LogP contribution in [0.3, 0.4) is 0 Å². The lowest BCUT2D eigenvalue weighted by atomic mass is 9.89. The normalized spacial score (nSPS) is 19.9. The Bertz CT molecular complexity index is 1350. The summed E-state index contributed by atoms with van der Waals surface area (Å²) in [6.45, 7) is 3.32. The second-order valence-corrected chi connectivity index (χ2v) is 13.9. The summed E-state index contributed by atoms with van der Waals surface area (Å²) >= 11 is 0. The molecule has 0 spiro atoms. The van der Waals surface area contributed by atoms with Crippen molar-refractivity contribution in [2.45, 2.75) is 95.1 Å². The molecular weight excluding hydrogens is 644 g/mol. The van der Waals surface area contributed by atoms with Crippen molar-refractivity contribution >= 4 is 11.9 Å². The van der Waals surface area contributed by atoms with Gasteiger partial charge in [0.05, 0.1) is 11.1 Å². The zero-order chi connectivity index (χ0) is 35.0. The number of likely N-dealkylation sites (N-methyl/N-ethyl adjacent to an activating group) is 1. The van der Waals surface area contributed by atoms with E-state index in [4.69, 9.17) is 4.99 Å². The van der Waals surface area contributed by atoms with Crippen LogP contribution < -0.4 is 5.32 Å². The SMILES string of the molecule is CN(CCc1cc(C(F)(F)F)cc(C(F)(F)F)c1)C(=O)C(c1ccccc1)N1CCN(C(=NCC2CCCCC2)NC2CCCCC2)CC1. The van der Waals surface area contributed by atoms with E-state index in [0.717, 1.165) is 43.0 Å². The van der Waals surface area contributed by atoms with Crippen molar-refractivity contribution in [1.82, 2.24) is 20.0 Å². The van der Waals surface area contributed by atoms with Crippen molar-refractivity contribution in [3.8, 4) is 0 Å². The van der Waals surface area contributed by atoms with Gasteiger partial charge in [-0.25, -0.2) is 0 Å². The highest BCUT2D eigenvalue weighted by Crippen LogP contribution is 2.36. The van der Waals surface area contributed by atoms with Crippen molar-refractivity contribution in [3.63, 3.8) is 0 Å². The number of guanidine groups is 1. The Morgan fingerprint density at radius 2 is 1.41 bits per heavy atom. The van der Waals surface area contributed by atoms with Crippen LogP contribution in [0.15, 0.2) is 53.5 Å². The molecule has 1 amide bonds. The highest BCUT2D eigenvalue weighted by Gasteiger charge is 2.37. The third-order valence-corrected chi connectivity index (χ3v) is 10.3. The second-order valence-electron chi connectivity index (χ2n) is 13.9. The molecule has 12 heteroatoms. The summed E-state index contributed by atoms with van der Waals surface area (Å²) in [6, 6.07) is 10.7. The minimum absolute atomic E-state index is 0.0377. The van der Waals surface area contributed by atoms with E-state index in [2.05, 4.69) is 15.1 Å². The zero-order valence-electron chi connectivity index (χ0n) is 28.3. The predicted molar refractivity (Wildman–Crippen MR) is 179 cm³/mol. The molecule has 5 rings (SSSR count). The first kappa shape index (κ1) is 37.0. The minimum Gasteiger partial charge on any atom is -0.354 e. The van der Waals surface area contributed by atoms with E-state index >= 15 is 0 Å². The number of aliphatic imine (C=N–C) groups is 1. The van der Waals surface area contributed by atoms with Crippen LogP contribution in [0.1, 0.15) is 92.5 Å². The van der Waals surface area contributed by atoms with Gasteiger partial charge in [-0.15, -0.1) is 0 Å². The fourth-order valence-electron chi connectivity index (χ4n) is 7.37. The van der Waals surface area contributed by atoms with Crippen LogP contribution in [-0.4, -0.2) is 78.9 Å². The number of hydrogen-bond donors (Lipinski definition) is 1. The molecule has 3 aliphatic rings. The Hall–Kier alpha value is -3.28. The van der Waals surface area contributed by atoms with Gasteiger partial charge in [-0.3, -0.25) is 14.7 Å². The summed E-state index contributed by atoms with van der Waals surface area (Å²) in [5, 5.41) is 3.78. The first-order chi connectivity index (χ1) is 23.4. The number of nitrogens with one attached hydrogen (secondary N) is 1. The molecule has 270 valence electrons. The lowest BCUT2D eigenvalue weighted by Gasteiger charge is -2.41. The summed E-state index contributed by atoms with van der Waals surface area (Å²) in [4.78, 5) is 25.0. The molecule has 0 radical (unpaired) electrons. The van der Waals surface area contributed by atoms with E-state index in [1.54, 1.807) is 7.05 Å². The number of nitrogens with zero attached hydrogens (tertiary/aromatic N) is 4. The molecule has 1 N–H and O–H groups in total. The van der Waals surface area contributed by atoms with Gasteiger partial charge in [0.25, 0.3) is 0 Å². The maximum absolute atomic E-state index is 14.0. The summed E-state index contributed by atoms with van der Waals surface area (Å²) in [7, 11) is 1.55. The van der Waals surface area contributed by atoms with E-state index in [0.29, 0.717) is 38.1 Å². The third-order valence-electron chi connectivity index (χ3n) is 10.3. The first-order valence-electron chi connectivity index (χ1n) is 17.8. The van der Waals surface area contributed by atoms with E-state index < -0.39 is 29.5 Å². The van der Waals surface area contributed by atoms with E-state index in [-0.39, 0.29) is 30.5 Å². The third kappa shape index (κ3) is 10.4. The Kier molecular flexibility index (Phi) is 12.5. The largest absolute Gasteiger partial charge is 0.416 e. The van der Waals surface area contributed by atoms with E-state index in [9.17, 15) is 31.1 Å². The molecule has 1 atom stereocenters. The lowest BCUT2D eigenvalue weighted by Crippen LogP contribution is -2.56. The number of carbonyl (C=O) groups excluding carboxylic acids is 1. The van der Waals surface area contributed by atoms with Gasteiger partial charge in [0.2, 0.25) is 5.91 Å². The summed E-state index contributed by atoms with van der Waals surface area (Å²) in [6.07, 6.45) is 2.24. The molecule has 3 fully saturated rings. The molecule has 2 aromatic rings. The number of benzene rings is 2. The zero-order valence-corrected chi connectivity index (χ0v) is 28.3. The van der Waals surface area contributed by atoms with Crippen molar-refractivity contribution in [2.24, 2.45) is 10.9 Å². The molecule has 0 bridgehead atoms. The Labute approximate surface area is 285 Å². The Balaban J connectivity index is 1.28. The summed E-state index contributed by atoms with van der Waals surface area (Å²) in [5.74, 6) is 1.31. The molecule has 2 aromatic carbocycles. The van der Waals surface area contributed by atoms with Gasteiger partial charge < -0.3 is 15.1 Å². The average Bonchev–Trinajstić information content (AvgIpc) is 3.10. The van der Waals surface area contributed by atoms with E-state index in [1.807, 2.05) is 30.3 Å². The Morgan fingerprint density at radius 1 is 0.837 bits per heavy atom. The molecule has 49 heavy (non-hydrogen) atoms. The molecule has 1 aliphatic heterocycles. The van der Waals surface area contributed by atoms with Gasteiger partial charge in [-0.1, -0.05) is 68.9 Å². The molecule has 1 saturated heterocycles. The van der Waals surface area contributed by atoms with Crippen LogP contribution in [0.25, 0.3) is 0 Å². The minimum atomic E-state index is -4.93. The first-order valence-corrected chi connectivity index (χ1v) is 17.8. The molecule has 6 nitrogen and oxygen atoms in total.